The van der Waals surface area contributed by atoms with Gasteiger partial charge in [-0.1, -0.05) is 13.0 Å². The third-order valence-corrected chi connectivity index (χ3v) is 4.34. The number of rotatable bonds is 3. The van der Waals surface area contributed by atoms with E-state index in [4.69, 9.17) is 9.47 Å². The molecule has 2 heterocycles. The van der Waals surface area contributed by atoms with E-state index in [0.717, 1.165) is 34.1 Å². The van der Waals surface area contributed by atoms with E-state index in [2.05, 4.69) is 11.1 Å². The molecule has 1 atom stereocenters. The van der Waals surface area contributed by atoms with Crippen LogP contribution < -0.4 is 0 Å². The van der Waals surface area contributed by atoms with Crippen molar-refractivity contribution < 1.29 is 14.3 Å². The number of nitrogens with zero attached hydrogens (tertiary/aromatic N) is 1. The Morgan fingerprint density at radius 3 is 2.96 bits per heavy atom. The summed E-state index contributed by atoms with van der Waals surface area (Å²) in [5.41, 5.74) is 4.43. The van der Waals surface area contributed by atoms with Gasteiger partial charge in [-0.05, 0) is 37.0 Å². The Kier molecular flexibility index (Phi) is 3.87. The van der Waals surface area contributed by atoms with Gasteiger partial charge >= 0.3 is 5.97 Å². The normalized spacial score (nSPS) is 20.1. The first kappa shape index (κ1) is 15.6. The Morgan fingerprint density at radius 1 is 1.52 bits per heavy atom. The molecule has 0 saturated carbocycles. The maximum absolute atomic E-state index is 11.6. The molecule has 1 aliphatic heterocycles. The number of ether oxygens (including phenoxy) is 2. The van der Waals surface area contributed by atoms with Crippen LogP contribution in [0.4, 0.5) is 0 Å². The molecule has 0 fully saturated rings. The number of aromatic nitrogens is 1. The van der Waals surface area contributed by atoms with Gasteiger partial charge in [-0.3, -0.25) is 4.79 Å². The molecule has 3 rings (SSSR count). The zero-order valence-corrected chi connectivity index (χ0v) is 13.7. The fourth-order valence-electron chi connectivity index (χ4n) is 3.46. The molecule has 0 saturated heterocycles. The number of hydrogen-bond donors (Lipinski definition) is 1. The Labute approximate surface area is 135 Å². The molecule has 2 aromatic rings. The highest BCUT2D eigenvalue weighted by atomic mass is 16.7. The van der Waals surface area contributed by atoms with Crippen LogP contribution in [-0.2, 0) is 26.5 Å². The summed E-state index contributed by atoms with van der Waals surface area (Å²) < 4.78 is 11.5. The summed E-state index contributed by atoms with van der Waals surface area (Å²) in [7, 11) is 0. The predicted molar refractivity (Wildman–Crippen MR) is 85.8 cm³/mol. The van der Waals surface area contributed by atoms with Crippen molar-refractivity contribution in [3.05, 3.63) is 34.5 Å². The number of benzene rings is 1. The van der Waals surface area contributed by atoms with Crippen molar-refractivity contribution in [2.45, 2.75) is 45.8 Å². The van der Waals surface area contributed by atoms with Crippen molar-refractivity contribution in [2.75, 3.05) is 6.61 Å². The Morgan fingerprint density at radius 2 is 2.30 bits per heavy atom. The number of carbonyl (C=O) groups is 1. The quantitative estimate of drug-likeness (QED) is 0.881. The largest absolute Gasteiger partial charge is 0.427 e. The molecule has 120 valence electrons. The van der Waals surface area contributed by atoms with Crippen molar-refractivity contribution in [1.29, 1.82) is 5.26 Å². The molecule has 0 unspecified atom stereocenters. The lowest BCUT2D eigenvalue weighted by atomic mass is 9.94. The van der Waals surface area contributed by atoms with Crippen LogP contribution in [0.15, 0.2) is 12.1 Å². The van der Waals surface area contributed by atoms with Gasteiger partial charge in [0.05, 0.1) is 29.5 Å². The number of fused-ring (bicyclic) bond motifs is 3. The van der Waals surface area contributed by atoms with Crippen LogP contribution in [0.25, 0.3) is 10.9 Å². The summed E-state index contributed by atoms with van der Waals surface area (Å²) in [6.45, 7) is 5.88. The summed E-state index contributed by atoms with van der Waals surface area (Å²) in [6.07, 6.45) is 2.08. The van der Waals surface area contributed by atoms with Gasteiger partial charge in [0, 0.05) is 18.7 Å². The van der Waals surface area contributed by atoms with Gasteiger partial charge in [0.2, 0.25) is 0 Å². The Bertz CT molecular complexity index is 816. The summed E-state index contributed by atoms with van der Waals surface area (Å²) in [5, 5.41) is 10.4. The maximum atomic E-state index is 11.6. The number of nitrogens with one attached hydrogen (secondary N) is 1. The molecule has 23 heavy (non-hydrogen) atoms. The van der Waals surface area contributed by atoms with Gasteiger partial charge in [0.25, 0.3) is 5.79 Å². The van der Waals surface area contributed by atoms with E-state index >= 15 is 0 Å². The average molecular weight is 312 g/mol. The van der Waals surface area contributed by atoms with E-state index in [1.54, 1.807) is 0 Å². The number of esters is 1. The third kappa shape index (κ3) is 2.40. The van der Waals surface area contributed by atoms with E-state index < -0.39 is 5.79 Å². The number of carbonyl (C=O) groups excluding carboxylic acids is 1. The van der Waals surface area contributed by atoms with Crippen molar-refractivity contribution in [3.8, 4) is 6.07 Å². The number of nitriles is 1. The first-order valence-corrected chi connectivity index (χ1v) is 7.90. The zero-order valence-electron chi connectivity index (χ0n) is 13.7. The second kappa shape index (κ2) is 5.71. The molecule has 1 aromatic carbocycles. The molecule has 0 bridgehead atoms. The Balaban J connectivity index is 2.30. The highest BCUT2D eigenvalue weighted by molar-refractivity contribution is 5.92. The van der Waals surface area contributed by atoms with E-state index in [-0.39, 0.29) is 5.97 Å². The van der Waals surface area contributed by atoms with E-state index in [9.17, 15) is 10.1 Å². The maximum Gasteiger partial charge on any atom is 0.305 e. The van der Waals surface area contributed by atoms with Crippen LogP contribution >= 0.6 is 0 Å². The van der Waals surface area contributed by atoms with Crippen LogP contribution in [-0.4, -0.2) is 17.6 Å². The SMILES string of the molecule is CCC[C@@]1(OC(C)=O)OCCc2c1[nH]c1c(C)ccc(C#N)c21. The lowest BCUT2D eigenvalue weighted by Crippen LogP contribution is -2.39. The highest BCUT2D eigenvalue weighted by Gasteiger charge is 2.43. The summed E-state index contributed by atoms with van der Waals surface area (Å²) in [6, 6.07) is 6.03. The van der Waals surface area contributed by atoms with E-state index in [1.165, 1.54) is 6.92 Å². The third-order valence-electron chi connectivity index (χ3n) is 4.34. The fourth-order valence-corrected chi connectivity index (χ4v) is 3.46. The smallest absolute Gasteiger partial charge is 0.305 e. The minimum Gasteiger partial charge on any atom is -0.427 e. The minimum absolute atomic E-state index is 0.373. The van der Waals surface area contributed by atoms with Crippen LogP contribution in [0.5, 0.6) is 0 Å². The van der Waals surface area contributed by atoms with Gasteiger partial charge in [0.1, 0.15) is 0 Å². The molecule has 1 aliphatic rings. The van der Waals surface area contributed by atoms with Crippen molar-refractivity contribution >= 4 is 16.9 Å². The monoisotopic (exact) mass is 312 g/mol. The summed E-state index contributed by atoms with van der Waals surface area (Å²) in [4.78, 5) is 15.0. The predicted octanol–water partition coefficient (Wildman–Crippen LogP) is 3.44. The van der Waals surface area contributed by atoms with Crippen molar-refractivity contribution in [3.63, 3.8) is 0 Å². The standard InChI is InChI=1S/C18H20N2O3/c1-4-8-18(23-12(3)21)17-14(7-9-22-18)15-13(10-19)6-5-11(2)16(15)20-17/h5-6,20H,4,7-9H2,1-3H3/t18-/m0/s1. The second-order valence-corrected chi connectivity index (χ2v) is 5.97. The van der Waals surface area contributed by atoms with E-state index in [1.807, 2.05) is 26.0 Å². The summed E-state index contributed by atoms with van der Waals surface area (Å²) in [5.74, 6) is -1.45. The number of aromatic amines is 1. The highest BCUT2D eigenvalue weighted by Crippen LogP contribution is 2.42. The van der Waals surface area contributed by atoms with Gasteiger partial charge in [-0.2, -0.15) is 5.26 Å². The summed E-state index contributed by atoms with van der Waals surface area (Å²) >= 11 is 0. The molecule has 0 amide bonds. The molecule has 0 aliphatic carbocycles. The molecule has 0 radical (unpaired) electrons. The molecular formula is C18H20N2O3. The van der Waals surface area contributed by atoms with Crippen LogP contribution in [0, 0.1) is 18.3 Å². The molecular weight excluding hydrogens is 292 g/mol. The number of H-pyrrole nitrogens is 1. The van der Waals surface area contributed by atoms with Gasteiger partial charge in [-0.15, -0.1) is 0 Å². The molecule has 1 N–H and O–H groups in total. The average Bonchev–Trinajstić information content (AvgIpc) is 2.90. The molecule has 0 spiro atoms. The minimum atomic E-state index is -1.08. The van der Waals surface area contributed by atoms with Crippen LogP contribution in [0.3, 0.4) is 0 Å². The molecule has 5 nitrogen and oxygen atoms in total. The molecule has 1 aromatic heterocycles. The topological polar surface area (TPSA) is 75.1 Å². The lowest BCUT2D eigenvalue weighted by Gasteiger charge is -2.36. The van der Waals surface area contributed by atoms with Crippen molar-refractivity contribution in [2.24, 2.45) is 0 Å². The van der Waals surface area contributed by atoms with Crippen molar-refractivity contribution in [1.82, 2.24) is 4.98 Å². The zero-order chi connectivity index (χ0) is 16.6. The van der Waals surface area contributed by atoms with Gasteiger partial charge in [0.15, 0.2) is 0 Å². The van der Waals surface area contributed by atoms with Gasteiger partial charge in [-0.25, -0.2) is 0 Å². The molecule has 5 heteroatoms. The van der Waals surface area contributed by atoms with E-state index in [0.29, 0.717) is 25.0 Å². The number of hydrogen-bond acceptors (Lipinski definition) is 4. The van der Waals surface area contributed by atoms with Crippen LogP contribution in [0.2, 0.25) is 0 Å². The number of aryl methyl sites for hydroxylation is 1. The fraction of sp³-hybridized carbons (Fsp3) is 0.444. The first-order valence-electron chi connectivity index (χ1n) is 7.90. The lowest BCUT2D eigenvalue weighted by molar-refractivity contribution is -0.247. The van der Waals surface area contributed by atoms with Gasteiger partial charge < -0.3 is 14.5 Å². The van der Waals surface area contributed by atoms with Crippen LogP contribution in [0.1, 0.15) is 49.1 Å². The second-order valence-electron chi connectivity index (χ2n) is 5.97. The first-order chi connectivity index (χ1) is 11.0. The Hall–Kier alpha value is -2.32.